The summed E-state index contributed by atoms with van der Waals surface area (Å²) in [5, 5.41) is 13.3. The number of benzene rings is 1. The zero-order valence-corrected chi connectivity index (χ0v) is 11.5. The zero-order valence-electron chi connectivity index (χ0n) is 9.95. The van der Waals surface area contributed by atoms with Crippen LogP contribution < -0.4 is 5.32 Å². The number of rotatable bonds is 3. The molecule has 0 radical (unpaired) electrons. The standard InChI is InChI=1S/C13H18BrNO2/c1-9-7-11(5-6-17-9)15-8-10-3-2-4-12(14)13(10)16/h2-4,9,11,15-16H,5-8H2,1H3. The van der Waals surface area contributed by atoms with E-state index in [1.54, 1.807) is 0 Å². The lowest BCUT2D eigenvalue weighted by Gasteiger charge is -2.28. The summed E-state index contributed by atoms with van der Waals surface area (Å²) < 4.78 is 6.25. The van der Waals surface area contributed by atoms with Gasteiger partial charge in [0.25, 0.3) is 0 Å². The van der Waals surface area contributed by atoms with E-state index < -0.39 is 0 Å². The molecule has 1 aliphatic rings. The molecule has 94 valence electrons. The summed E-state index contributed by atoms with van der Waals surface area (Å²) in [6, 6.07) is 6.20. The second kappa shape index (κ2) is 5.85. The van der Waals surface area contributed by atoms with Gasteiger partial charge >= 0.3 is 0 Å². The van der Waals surface area contributed by atoms with E-state index in [9.17, 15) is 5.11 Å². The van der Waals surface area contributed by atoms with E-state index in [2.05, 4.69) is 28.2 Å². The summed E-state index contributed by atoms with van der Waals surface area (Å²) >= 11 is 3.32. The number of phenols is 1. The average molecular weight is 300 g/mol. The molecule has 0 aliphatic carbocycles. The summed E-state index contributed by atoms with van der Waals surface area (Å²) in [7, 11) is 0. The SMILES string of the molecule is CC1CC(NCc2cccc(Br)c2O)CCO1. The van der Waals surface area contributed by atoms with Gasteiger partial charge in [0.1, 0.15) is 5.75 Å². The minimum Gasteiger partial charge on any atom is -0.506 e. The molecule has 1 aliphatic heterocycles. The first kappa shape index (κ1) is 12.9. The Morgan fingerprint density at radius 1 is 1.53 bits per heavy atom. The lowest BCUT2D eigenvalue weighted by atomic mass is 10.0. The maximum atomic E-state index is 9.87. The molecule has 1 aromatic carbocycles. The molecule has 2 N–H and O–H groups in total. The zero-order chi connectivity index (χ0) is 12.3. The summed E-state index contributed by atoms with van der Waals surface area (Å²) in [5.74, 6) is 0.333. The van der Waals surface area contributed by atoms with E-state index in [0.717, 1.165) is 29.5 Å². The van der Waals surface area contributed by atoms with Crippen molar-refractivity contribution in [2.24, 2.45) is 0 Å². The number of aromatic hydroxyl groups is 1. The molecule has 3 nitrogen and oxygen atoms in total. The van der Waals surface area contributed by atoms with Gasteiger partial charge in [-0.2, -0.15) is 0 Å². The average Bonchev–Trinajstić information content (AvgIpc) is 2.31. The highest BCUT2D eigenvalue weighted by Gasteiger charge is 2.19. The van der Waals surface area contributed by atoms with Crippen molar-refractivity contribution in [3.63, 3.8) is 0 Å². The molecule has 1 fully saturated rings. The van der Waals surface area contributed by atoms with Crippen LogP contribution in [-0.2, 0) is 11.3 Å². The minimum absolute atomic E-state index is 0.331. The van der Waals surface area contributed by atoms with E-state index in [1.165, 1.54) is 0 Å². The van der Waals surface area contributed by atoms with Crippen molar-refractivity contribution in [1.29, 1.82) is 0 Å². The quantitative estimate of drug-likeness (QED) is 0.902. The summed E-state index contributed by atoms with van der Waals surface area (Å²) in [6.45, 7) is 3.62. The van der Waals surface area contributed by atoms with Crippen molar-refractivity contribution in [2.45, 2.75) is 38.5 Å². The fourth-order valence-electron chi connectivity index (χ4n) is 2.14. The van der Waals surface area contributed by atoms with Crippen LogP contribution in [0.1, 0.15) is 25.3 Å². The number of ether oxygens (including phenoxy) is 1. The van der Waals surface area contributed by atoms with Gasteiger partial charge in [0, 0.05) is 24.8 Å². The number of halogens is 1. The first-order valence-corrected chi connectivity index (χ1v) is 6.77. The summed E-state index contributed by atoms with van der Waals surface area (Å²) in [6.07, 6.45) is 2.41. The van der Waals surface area contributed by atoms with Crippen LogP contribution in [0.2, 0.25) is 0 Å². The predicted molar refractivity (Wildman–Crippen MR) is 71.1 cm³/mol. The molecule has 1 saturated heterocycles. The molecule has 2 rings (SSSR count). The highest BCUT2D eigenvalue weighted by Crippen LogP contribution is 2.27. The summed E-state index contributed by atoms with van der Waals surface area (Å²) in [5.41, 5.74) is 0.929. The van der Waals surface area contributed by atoms with Crippen LogP contribution in [0.4, 0.5) is 0 Å². The van der Waals surface area contributed by atoms with Gasteiger partial charge in [-0.3, -0.25) is 0 Å². The highest BCUT2D eigenvalue weighted by molar-refractivity contribution is 9.10. The Labute approximate surface area is 110 Å². The fraction of sp³-hybridized carbons (Fsp3) is 0.538. The molecule has 0 spiro atoms. The Hall–Kier alpha value is -0.580. The second-order valence-electron chi connectivity index (χ2n) is 4.53. The molecular weight excluding hydrogens is 282 g/mol. The maximum Gasteiger partial charge on any atom is 0.134 e. The van der Waals surface area contributed by atoms with Gasteiger partial charge in [-0.15, -0.1) is 0 Å². The number of hydrogen-bond donors (Lipinski definition) is 2. The molecular formula is C13H18BrNO2. The van der Waals surface area contributed by atoms with E-state index in [1.807, 2.05) is 18.2 Å². The largest absolute Gasteiger partial charge is 0.506 e. The van der Waals surface area contributed by atoms with Gasteiger partial charge in [0.05, 0.1) is 10.6 Å². The molecule has 17 heavy (non-hydrogen) atoms. The van der Waals surface area contributed by atoms with Crippen LogP contribution in [0.15, 0.2) is 22.7 Å². The second-order valence-corrected chi connectivity index (χ2v) is 5.39. The van der Waals surface area contributed by atoms with E-state index in [4.69, 9.17) is 4.74 Å². The van der Waals surface area contributed by atoms with Crippen molar-refractivity contribution in [1.82, 2.24) is 5.32 Å². The predicted octanol–water partition coefficient (Wildman–Crippen LogP) is 2.81. The van der Waals surface area contributed by atoms with Gasteiger partial charge in [0.15, 0.2) is 0 Å². The van der Waals surface area contributed by atoms with Crippen LogP contribution >= 0.6 is 15.9 Å². The number of phenolic OH excluding ortho intramolecular Hbond substituents is 1. The minimum atomic E-state index is 0.331. The first-order chi connectivity index (χ1) is 8.16. The van der Waals surface area contributed by atoms with E-state index in [-0.39, 0.29) is 0 Å². The van der Waals surface area contributed by atoms with Crippen molar-refractivity contribution >= 4 is 15.9 Å². The van der Waals surface area contributed by atoms with Crippen LogP contribution in [0.5, 0.6) is 5.75 Å². The first-order valence-electron chi connectivity index (χ1n) is 5.98. The Bertz CT molecular complexity index is 384. The molecule has 1 aromatic rings. The van der Waals surface area contributed by atoms with Gasteiger partial charge in [-0.1, -0.05) is 12.1 Å². The fourth-order valence-corrected chi connectivity index (χ4v) is 2.55. The summed E-state index contributed by atoms with van der Waals surface area (Å²) in [4.78, 5) is 0. The monoisotopic (exact) mass is 299 g/mol. The van der Waals surface area contributed by atoms with Crippen LogP contribution in [0.25, 0.3) is 0 Å². The van der Waals surface area contributed by atoms with Gasteiger partial charge < -0.3 is 15.2 Å². The molecule has 1 heterocycles. The third-order valence-electron chi connectivity index (χ3n) is 3.14. The molecule has 2 unspecified atom stereocenters. The molecule has 2 atom stereocenters. The van der Waals surface area contributed by atoms with E-state index in [0.29, 0.717) is 24.4 Å². The lowest BCUT2D eigenvalue weighted by Crippen LogP contribution is -2.37. The topological polar surface area (TPSA) is 41.5 Å². The van der Waals surface area contributed by atoms with Crippen LogP contribution in [0, 0.1) is 0 Å². The van der Waals surface area contributed by atoms with E-state index >= 15 is 0 Å². The number of para-hydroxylation sites is 1. The van der Waals surface area contributed by atoms with Gasteiger partial charge in [-0.05, 0) is 41.8 Å². The third kappa shape index (κ3) is 3.44. The maximum absolute atomic E-state index is 9.87. The molecule has 0 saturated carbocycles. The van der Waals surface area contributed by atoms with Crippen molar-refractivity contribution in [2.75, 3.05) is 6.61 Å². The molecule has 0 bridgehead atoms. The third-order valence-corrected chi connectivity index (χ3v) is 3.78. The Morgan fingerprint density at radius 2 is 2.35 bits per heavy atom. The van der Waals surface area contributed by atoms with Gasteiger partial charge in [0.2, 0.25) is 0 Å². The Balaban J connectivity index is 1.91. The Morgan fingerprint density at radius 3 is 3.12 bits per heavy atom. The lowest BCUT2D eigenvalue weighted by molar-refractivity contribution is 0.0130. The van der Waals surface area contributed by atoms with Crippen molar-refractivity contribution < 1.29 is 9.84 Å². The smallest absolute Gasteiger partial charge is 0.134 e. The highest BCUT2D eigenvalue weighted by atomic mass is 79.9. The molecule has 4 heteroatoms. The Kier molecular flexibility index (Phi) is 4.42. The normalized spacial score (nSPS) is 24.8. The number of nitrogens with one attached hydrogen (secondary N) is 1. The van der Waals surface area contributed by atoms with Gasteiger partial charge in [-0.25, -0.2) is 0 Å². The van der Waals surface area contributed by atoms with Crippen LogP contribution in [0.3, 0.4) is 0 Å². The number of hydrogen-bond acceptors (Lipinski definition) is 3. The molecule has 0 amide bonds. The van der Waals surface area contributed by atoms with Crippen LogP contribution in [-0.4, -0.2) is 23.9 Å². The van der Waals surface area contributed by atoms with Crippen molar-refractivity contribution in [3.8, 4) is 5.75 Å². The van der Waals surface area contributed by atoms with Crippen molar-refractivity contribution in [3.05, 3.63) is 28.2 Å². The molecule has 0 aromatic heterocycles.